The van der Waals surface area contributed by atoms with Crippen LogP contribution < -0.4 is 10.0 Å². The number of carbonyl (C=O) groups excluding carboxylic acids is 1. The normalized spacial score (nSPS) is 11.9. The maximum atomic E-state index is 12.7. The van der Waals surface area contributed by atoms with E-state index in [0.717, 1.165) is 15.2 Å². The Bertz CT molecular complexity index is 1120. The molecule has 27 heavy (non-hydrogen) atoms. The molecule has 3 aromatic rings. The Labute approximate surface area is 166 Å². The standard InChI is InChI=1S/C18H18ClN3O3S2/c1-10(2)22-27(24,25)13-5-6-15(19)14(9-13)18(23)21-12-4-7-16-17(8-12)26-11(3)20-16/h4-10,22H,1-3H3,(H,21,23). The average Bonchev–Trinajstić information content (AvgIpc) is 2.93. The first-order chi connectivity index (χ1) is 12.7. The molecule has 0 saturated heterocycles. The zero-order chi connectivity index (χ0) is 19.8. The molecule has 1 amide bonds. The van der Waals surface area contributed by atoms with Crippen LogP contribution in [0.5, 0.6) is 0 Å². The summed E-state index contributed by atoms with van der Waals surface area (Å²) in [6.07, 6.45) is 0. The van der Waals surface area contributed by atoms with Gasteiger partial charge in [-0.1, -0.05) is 11.6 Å². The van der Waals surface area contributed by atoms with E-state index in [0.29, 0.717) is 5.69 Å². The summed E-state index contributed by atoms with van der Waals surface area (Å²) in [5.74, 6) is -0.484. The van der Waals surface area contributed by atoms with Crippen molar-refractivity contribution in [2.45, 2.75) is 31.7 Å². The zero-order valence-electron chi connectivity index (χ0n) is 14.9. The third-order valence-corrected chi connectivity index (χ3v) is 6.56. The van der Waals surface area contributed by atoms with E-state index in [1.807, 2.05) is 19.1 Å². The number of aromatic nitrogens is 1. The number of aryl methyl sites for hydroxylation is 1. The molecule has 0 bridgehead atoms. The number of halogens is 1. The number of nitrogens with zero attached hydrogens (tertiary/aromatic N) is 1. The topological polar surface area (TPSA) is 88.2 Å². The third kappa shape index (κ3) is 4.47. The first-order valence-electron chi connectivity index (χ1n) is 8.16. The predicted molar refractivity (Wildman–Crippen MR) is 109 cm³/mol. The summed E-state index contributed by atoms with van der Waals surface area (Å²) in [4.78, 5) is 17.0. The summed E-state index contributed by atoms with van der Waals surface area (Å²) < 4.78 is 28.1. The van der Waals surface area contributed by atoms with Gasteiger partial charge in [0.2, 0.25) is 10.0 Å². The summed E-state index contributed by atoms with van der Waals surface area (Å²) in [6, 6.07) is 9.18. The number of sulfonamides is 1. The minimum atomic E-state index is -3.73. The second kappa shape index (κ2) is 7.55. The van der Waals surface area contributed by atoms with E-state index in [4.69, 9.17) is 11.6 Å². The molecule has 0 aliphatic heterocycles. The molecule has 0 aliphatic rings. The fourth-order valence-corrected chi connectivity index (χ4v) is 4.89. The minimum Gasteiger partial charge on any atom is -0.322 e. The number of amides is 1. The van der Waals surface area contributed by atoms with Gasteiger partial charge in [0, 0.05) is 11.7 Å². The van der Waals surface area contributed by atoms with Crippen molar-refractivity contribution in [2.24, 2.45) is 0 Å². The smallest absolute Gasteiger partial charge is 0.257 e. The van der Waals surface area contributed by atoms with E-state index < -0.39 is 15.9 Å². The first kappa shape index (κ1) is 19.8. The van der Waals surface area contributed by atoms with Gasteiger partial charge in [0.15, 0.2) is 0 Å². The number of hydrogen-bond donors (Lipinski definition) is 2. The highest BCUT2D eigenvalue weighted by molar-refractivity contribution is 7.89. The molecular formula is C18H18ClN3O3S2. The lowest BCUT2D eigenvalue weighted by molar-refractivity contribution is 0.102. The molecule has 2 aromatic carbocycles. The van der Waals surface area contributed by atoms with Gasteiger partial charge in [-0.3, -0.25) is 4.79 Å². The molecule has 2 N–H and O–H groups in total. The van der Waals surface area contributed by atoms with Crippen molar-refractivity contribution in [3.63, 3.8) is 0 Å². The molecule has 142 valence electrons. The van der Waals surface area contributed by atoms with Crippen LogP contribution in [-0.4, -0.2) is 25.4 Å². The molecule has 0 aliphatic carbocycles. The lowest BCUT2D eigenvalue weighted by Gasteiger charge is -2.12. The van der Waals surface area contributed by atoms with E-state index in [1.54, 1.807) is 19.9 Å². The fraction of sp³-hybridized carbons (Fsp3) is 0.222. The van der Waals surface area contributed by atoms with Crippen LogP contribution in [0.4, 0.5) is 5.69 Å². The summed E-state index contributed by atoms with van der Waals surface area (Å²) in [5.41, 5.74) is 1.53. The van der Waals surface area contributed by atoms with Crippen molar-refractivity contribution in [2.75, 3.05) is 5.32 Å². The maximum absolute atomic E-state index is 12.7. The van der Waals surface area contributed by atoms with Crippen LogP contribution in [0.1, 0.15) is 29.2 Å². The van der Waals surface area contributed by atoms with E-state index in [2.05, 4.69) is 15.0 Å². The van der Waals surface area contributed by atoms with Crippen LogP contribution in [-0.2, 0) is 10.0 Å². The highest BCUT2D eigenvalue weighted by Gasteiger charge is 2.20. The molecule has 1 aromatic heterocycles. The molecule has 0 saturated carbocycles. The van der Waals surface area contributed by atoms with Crippen LogP contribution in [0.2, 0.25) is 5.02 Å². The predicted octanol–water partition coefficient (Wildman–Crippen LogP) is 4.20. The Kier molecular flexibility index (Phi) is 5.53. The molecular weight excluding hydrogens is 406 g/mol. The Morgan fingerprint density at radius 2 is 1.93 bits per heavy atom. The van der Waals surface area contributed by atoms with Crippen molar-refractivity contribution in [3.8, 4) is 0 Å². The number of carbonyl (C=O) groups is 1. The lowest BCUT2D eigenvalue weighted by Crippen LogP contribution is -2.30. The number of fused-ring (bicyclic) bond motifs is 1. The molecule has 0 spiro atoms. The highest BCUT2D eigenvalue weighted by atomic mass is 35.5. The Hall–Kier alpha value is -2.00. The summed E-state index contributed by atoms with van der Waals surface area (Å²) in [5, 5.41) is 3.87. The van der Waals surface area contributed by atoms with Gasteiger partial charge in [-0.15, -0.1) is 11.3 Å². The molecule has 9 heteroatoms. The van der Waals surface area contributed by atoms with Gasteiger partial charge in [-0.2, -0.15) is 0 Å². The molecule has 1 heterocycles. The monoisotopic (exact) mass is 423 g/mol. The van der Waals surface area contributed by atoms with Crippen molar-refractivity contribution in [1.29, 1.82) is 0 Å². The van der Waals surface area contributed by atoms with Crippen LogP contribution in [0.25, 0.3) is 10.2 Å². The zero-order valence-corrected chi connectivity index (χ0v) is 17.3. The maximum Gasteiger partial charge on any atom is 0.257 e. The van der Waals surface area contributed by atoms with Crippen molar-refractivity contribution >= 4 is 54.8 Å². The first-order valence-corrected chi connectivity index (χ1v) is 10.8. The highest BCUT2D eigenvalue weighted by Crippen LogP contribution is 2.26. The number of nitrogens with one attached hydrogen (secondary N) is 2. The summed E-state index contributed by atoms with van der Waals surface area (Å²) in [6.45, 7) is 5.36. The van der Waals surface area contributed by atoms with E-state index >= 15 is 0 Å². The van der Waals surface area contributed by atoms with Crippen molar-refractivity contribution in [1.82, 2.24) is 9.71 Å². The molecule has 0 atom stereocenters. The third-order valence-electron chi connectivity index (χ3n) is 3.64. The summed E-state index contributed by atoms with van der Waals surface area (Å²) >= 11 is 7.66. The second-order valence-corrected chi connectivity index (χ2v) is 9.64. The van der Waals surface area contributed by atoms with Gasteiger partial charge in [-0.25, -0.2) is 18.1 Å². The lowest BCUT2D eigenvalue weighted by atomic mass is 10.2. The van der Waals surface area contributed by atoms with Gasteiger partial charge in [0.25, 0.3) is 5.91 Å². The van der Waals surface area contributed by atoms with Gasteiger partial charge in [-0.05, 0) is 57.2 Å². The van der Waals surface area contributed by atoms with Gasteiger partial charge in [0.05, 0.1) is 30.7 Å². The largest absolute Gasteiger partial charge is 0.322 e. The van der Waals surface area contributed by atoms with Gasteiger partial charge >= 0.3 is 0 Å². The van der Waals surface area contributed by atoms with E-state index in [9.17, 15) is 13.2 Å². The Morgan fingerprint density at radius 3 is 2.63 bits per heavy atom. The minimum absolute atomic E-state index is 0.0146. The van der Waals surface area contributed by atoms with Gasteiger partial charge in [0.1, 0.15) is 0 Å². The molecule has 6 nitrogen and oxygen atoms in total. The van der Waals surface area contributed by atoms with Crippen molar-refractivity contribution < 1.29 is 13.2 Å². The Balaban J connectivity index is 1.90. The van der Waals surface area contributed by atoms with Crippen molar-refractivity contribution in [3.05, 3.63) is 52.0 Å². The van der Waals surface area contributed by atoms with Crippen LogP contribution in [0.15, 0.2) is 41.3 Å². The SMILES string of the molecule is Cc1nc2ccc(NC(=O)c3cc(S(=O)(=O)NC(C)C)ccc3Cl)cc2s1. The van der Waals surface area contributed by atoms with Gasteiger partial charge < -0.3 is 5.32 Å². The van der Waals surface area contributed by atoms with Crippen LogP contribution >= 0.6 is 22.9 Å². The number of hydrogen-bond acceptors (Lipinski definition) is 5. The number of rotatable bonds is 5. The quantitative estimate of drug-likeness (QED) is 0.643. The second-order valence-electron chi connectivity index (χ2n) is 6.29. The van der Waals surface area contributed by atoms with E-state index in [1.165, 1.54) is 29.5 Å². The van der Waals surface area contributed by atoms with Crippen LogP contribution in [0, 0.1) is 6.92 Å². The number of benzene rings is 2. The molecule has 3 rings (SSSR count). The van der Waals surface area contributed by atoms with Crippen LogP contribution in [0.3, 0.4) is 0 Å². The Morgan fingerprint density at radius 1 is 1.19 bits per heavy atom. The average molecular weight is 424 g/mol. The fourth-order valence-electron chi connectivity index (χ4n) is 2.54. The number of anilines is 1. The molecule has 0 radical (unpaired) electrons. The molecule has 0 fully saturated rings. The summed E-state index contributed by atoms with van der Waals surface area (Å²) in [7, 11) is -3.73. The number of thiazole rings is 1. The molecule has 0 unspecified atom stereocenters. The van der Waals surface area contributed by atoms with E-state index in [-0.39, 0.29) is 21.5 Å².